The van der Waals surface area contributed by atoms with Crippen LogP contribution in [0.5, 0.6) is 0 Å². The molecule has 2 N–H and O–H groups in total. The molecule has 0 spiro atoms. The molecular formula is C21H19N3O2. The zero-order valence-electron chi connectivity index (χ0n) is 14.5. The second kappa shape index (κ2) is 5.54. The predicted octanol–water partition coefficient (Wildman–Crippen LogP) is 3.08. The normalized spacial score (nSPS) is 24.0. The minimum atomic E-state index is -0.416. The van der Waals surface area contributed by atoms with Crippen LogP contribution in [-0.4, -0.2) is 36.4 Å². The van der Waals surface area contributed by atoms with E-state index in [-0.39, 0.29) is 12.0 Å². The third kappa shape index (κ3) is 1.95. The van der Waals surface area contributed by atoms with Crippen molar-refractivity contribution < 1.29 is 9.53 Å². The van der Waals surface area contributed by atoms with Crippen molar-refractivity contribution in [1.29, 1.82) is 0 Å². The summed E-state index contributed by atoms with van der Waals surface area (Å²) in [5.41, 5.74) is 5.06. The molecule has 1 aromatic heterocycles. The van der Waals surface area contributed by atoms with Crippen LogP contribution < -0.4 is 5.32 Å². The van der Waals surface area contributed by atoms with Crippen molar-refractivity contribution in [2.45, 2.75) is 17.9 Å². The lowest BCUT2D eigenvalue weighted by molar-refractivity contribution is -0.143. The highest BCUT2D eigenvalue weighted by molar-refractivity contribution is 6.09. The Hall–Kier alpha value is -2.92. The topological polar surface area (TPSA) is 66.5 Å². The maximum atomic E-state index is 12.3. The number of carbonyl (C=O) groups is 1. The number of piperidine rings is 1. The van der Waals surface area contributed by atoms with Crippen LogP contribution in [0.25, 0.3) is 10.9 Å². The van der Waals surface area contributed by atoms with Gasteiger partial charge in [-0.25, -0.2) is 0 Å². The number of hydrogen-bond donors (Lipinski definition) is 2. The molecule has 1 saturated heterocycles. The van der Waals surface area contributed by atoms with Gasteiger partial charge in [-0.3, -0.25) is 15.1 Å². The maximum Gasteiger partial charge on any atom is 0.322 e. The van der Waals surface area contributed by atoms with Gasteiger partial charge >= 0.3 is 5.97 Å². The van der Waals surface area contributed by atoms with E-state index >= 15 is 0 Å². The third-order valence-corrected chi connectivity index (χ3v) is 5.67. The highest BCUT2D eigenvalue weighted by Crippen LogP contribution is 2.50. The molecule has 2 aromatic carbocycles. The number of aromatic nitrogens is 1. The molecule has 2 atom stereocenters. The van der Waals surface area contributed by atoms with Crippen molar-refractivity contribution in [3.63, 3.8) is 0 Å². The van der Waals surface area contributed by atoms with E-state index in [0.717, 1.165) is 22.5 Å². The van der Waals surface area contributed by atoms with Gasteiger partial charge in [-0.1, -0.05) is 36.4 Å². The highest BCUT2D eigenvalue weighted by atomic mass is 16.5. The van der Waals surface area contributed by atoms with E-state index in [9.17, 15) is 4.79 Å². The standard InChI is InChI=1S/C21H19N3O2/c1-26-20(25)18-10-21(15-11-22-16-8-4-2-6-13(15)16)14-7-3-5-9-17(14)24-19(21)12-23-18/h2-9,11,18,22-23H,10,12H2,1H3/t18-,21+/m0/s1. The molecule has 130 valence electrons. The summed E-state index contributed by atoms with van der Waals surface area (Å²) < 4.78 is 5.03. The van der Waals surface area contributed by atoms with Gasteiger partial charge in [0.15, 0.2) is 0 Å². The van der Waals surface area contributed by atoms with Gasteiger partial charge in [0.25, 0.3) is 0 Å². The summed E-state index contributed by atoms with van der Waals surface area (Å²) in [5.74, 6) is -0.229. The number of benzene rings is 2. The number of esters is 1. The third-order valence-electron chi connectivity index (χ3n) is 5.67. The molecule has 3 heterocycles. The van der Waals surface area contributed by atoms with Gasteiger partial charge in [0.05, 0.1) is 18.2 Å². The molecule has 1 fully saturated rings. The fourth-order valence-electron chi connectivity index (χ4n) is 4.49. The monoisotopic (exact) mass is 345 g/mol. The number of ether oxygens (including phenoxy) is 1. The first-order valence-corrected chi connectivity index (χ1v) is 8.79. The van der Waals surface area contributed by atoms with Gasteiger partial charge < -0.3 is 9.72 Å². The highest BCUT2D eigenvalue weighted by Gasteiger charge is 2.51. The van der Waals surface area contributed by atoms with Crippen LogP contribution in [0.3, 0.4) is 0 Å². The number of nitrogens with one attached hydrogen (secondary N) is 2. The van der Waals surface area contributed by atoms with Gasteiger partial charge in [-0.05, 0) is 29.7 Å². The van der Waals surface area contributed by atoms with Crippen LogP contribution in [0, 0.1) is 0 Å². The second-order valence-corrected chi connectivity index (χ2v) is 6.89. The van der Waals surface area contributed by atoms with E-state index in [2.05, 4.69) is 34.7 Å². The van der Waals surface area contributed by atoms with Crippen LogP contribution in [0.4, 0.5) is 5.69 Å². The summed E-state index contributed by atoms with van der Waals surface area (Å²) in [6, 6.07) is 16.1. The molecule has 0 bridgehead atoms. The van der Waals surface area contributed by atoms with Crippen LogP contribution in [0.15, 0.2) is 59.7 Å². The lowest BCUT2D eigenvalue weighted by atomic mass is 9.66. The van der Waals surface area contributed by atoms with Crippen LogP contribution in [0.1, 0.15) is 17.5 Å². The van der Waals surface area contributed by atoms with Crippen molar-refractivity contribution in [1.82, 2.24) is 10.3 Å². The molecule has 2 aliphatic rings. The van der Waals surface area contributed by atoms with Gasteiger partial charge in [0.2, 0.25) is 0 Å². The fraction of sp³-hybridized carbons (Fsp3) is 0.238. The molecule has 5 nitrogen and oxygen atoms in total. The first-order valence-electron chi connectivity index (χ1n) is 8.79. The Kier molecular flexibility index (Phi) is 3.27. The smallest absolute Gasteiger partial charge is 0.322 e. The van der Waals surface area contributed by atoms with Gasteiger partial charge in [0, 0.05) is 29.4 Å². The predicted molar refractivity (Wildman–Crippen MR) is 101 cm³/mol. The Labute approximate surface area is 151 Å². The van der Waals surface area contributed by atoms with Crippen LogP contribution in [-0.2, 0) is 14.9 Å². The Morgan fingerprint density at radius 1 is 1.15 bits per heavy atom. The first kappa shape index (κ1) is 15.3. The molecule has 5 heteroatoms. The molecule has 3 aromatic rings. The molecule has 5 rings (SSSR count). The largest absolute Gasteiger partial charge is 0.468 e. The lowest BCUT2D eigenvalue weighted by Crippen LogP contribution is -2.55. The van der Waals surface area contributed by atoms with Crippen LogP contribution >= 0.6 is 0 Å². The molecule has 26 heavy (non-hydrogen) atoms. The zero-order chi connectivity index (χ0) is 17.7. The molecule has 0 radical (unpaired) electrons. The number of para-hydroxylation sites is 2. The molecular weight excluding hydrogens is 326 g/mol. The number of methoxy groups -OCH3 is 1. The Morgan fingerprint density at radius 3 is 2.85 bits per heavy atom. The van der Waals surface area contributed by atoms with E-state index in [1.165, 1.54) is 18.1 Å². The summed E-state index contributed by atoms with van der Waals surface area (Å²) in [6.07, 6.45) is 2.67. The first-order chi connectivity index (χ1) is 12.7. The molecule has 0 unspecified atom stereocenters. The Bertz CT molecular complexity index is 1050. The summed E-state index contributed by atoms with van der Waals surface area (Å²) in [7, 11) is 1.44. The average molecular weight is 345 g/mol. The molecule has 2 aliphatic heterocycles. The number of carbonyl (C=O) groups excluding carboxylic acids is 1. The quantitative estimate of drug-likeness (QED) is 0.702. The van der Waals surface area contributed by atoms with Crippen molar-refractivity contribution in [3.8, 4) is 0 Å². The summed E-state index contributed by atoms with van der Waals surface area (Å²) in [6.45, 7) is 0.563. The zero-order valence-corrected chi connectivity index (χ0v) is 14.5. The number of H-pyrrole nitrogens is 1. The molecule has 0 aliphatic carbocycles. The van der Waals surface area contributed by atoms with Crippen molar-refractivity contribution in [2.24, 2.45) is 4.99 Å². The second-order valence-electron chi connectivity index (χ2n) is 6.89. The van der Waals surface area contributed by atoms with E-state index in [1.807, 2.05) is 30.3 Å². The van der Waals surface area contributed by atoms with E-state index in [4.69, 9.17) is 9.73 Å². The summed E-state index contributed by atoms with van der Waals surface area (Å²) in [4.78, 5) is 20.6. The number of fused-ring (bicyclic) bond motifs is 4. The fourth-order valence-corrected chi connectivity index (χ4v) is 4.49. The van der Waals surface area contributed by atoms with Gasteiger partial charge in [0.1, 0.15) is 6.04 Å². The van der Waals surface area contributed by atoms with Crippen molar-refractivity contribution in [3.05, 3.63) is 65.9 Å². The van der Waals surface area contributed by atoms with Crippen molar-refractivity contribution in [2.75, 3.05) is 13.7 Å². The summed E-state index contributed by atoms with van der Waals surface area (Å²) >= 11 is 0. The van der Waals surface area contributed by atoms with Crippen molar-refractivity contribution >= 4 is 28.3 Å². The minimum Gasteiger partial charge on any atom is -0.468 e. The van der Waals surface area contributed by atoms with Gasteiger partial charge in [-0.15, -0.1) is 0 Å². The number of aromatic amines is 1. The molecule has 0 saturated carbocycles. The number of nitrogens with zero attached hydrogens (tertiary/aromatic N) is 1. The molecule has 0 amide bonds. The van der Waals surface area contributed by atoms with E-state index in [0.29, 0.717) is 13.0 Å². The van der Waals surface area contributed by atoms with Crippen LogP contribution in [0.2, 0.25) is 0 Å². The SMILES string of the molecule is COC(=O)[C@@H]1C[C@@]2(c3c[nH]c4ccccc34)C(=Nc3ccccc32)CN1. The summed E-state index contributed by atoms with van der Waals surface area (Å²) in [5, 5.41) is 4.46. The number of rotatable bonds is 2. The van der Waals surface area contributed by atoms with E-state index in [1.54, 1.807) is 0 Å². The number of hydrogen-bond acceptors (Lipinski definition) is 4. The average Bonchev–Trinajstić information content (AvgIpc) is 3.26. The van der Waals surface area contributed by atoms with E-state index < -0.39 is 5.41 Å². The van der Waals surface area contributed by atoms with Gasteiger partial charge in [-0.2, -0.15) is 0 Å². The number of aliphatic imine (C=N–C) groups is 1. The minimum absolute atomic E-state index is 0.229. The Balaban J connectivity index is 1.77. The maximum absolute atomic E-state index is 12.3. The lowest BCUT2D eigenvalue weighted by Gasteiger charge is -2.39. The Morgan fingerprint density at radius 2 is 1.96 bits per heavy atom.